The molecule has 0 bridgehead atoms. The first-order valence-electron chi connectivity index (χ1n) is 9.53. The Balaban J connectivity index is 1.39. The molecule has 1 saturated heterocycles. The molecule has 0 amide bonds. The Bertz CT molecular complexity index is 987. The quantitative estimate of drug-likeness (QED) is 0.561. The molecule has 1 N–H and O–H groups in total. The maximum absolute atomic E-state index is 14.0. The highest BCUT2D eigenvalue weighted by atomic mass is 19.1. The number of guanidine groups is 1. The molecule has 7 heteroatoms. The van der Waals surface area contributed by atoms with Gasteiger partial charge in [0, 0.05) is 40.3 Å². The molecule has 6 nitrogen and oxygen atoms in total. The van der Waals surface area contributed by atoms with Gasteiger partial charge in [0.25, 0.3) is 0 Å². The van der Waals surface area contributed by atoms with Crippen molar-refractivity contribution >= 4 is 22.7 Å². The third kappa shape index (κ3) is 3.52. The lowest BCUT2D eigenvalue weighted by molar-refractivity contribution is 0.370. The number of nitrogens with zero attached hydrogens (tertiary/aromatic N) is 5. The van der Waals surface area contributed by atoms with E-state index in [1.165, 1.54) is 6.07 Å². The fourth-order valence-electron chi connectivity index (χ4n) is 3.71. The molecule has 28 heavy (non-hydrogen) atoms. The second kappa shape index (κ2) is 7.88. The number of aliphatic imine (C=N–C) groups is 1. The fraction of sp³-hybridized carbons (Fsp3) is 0.333. The van der Waals surface area contributed by atoms with Crippen LogP contribution in [-0.4, -0.2) is 53.6 Å². The molecule has 1 aliphatic heterocycles. The number of halogens is 1. The number of fused-ring (bicyclic) bond motifs is 1. The van der Waals surface area contributed by atoms with Gasteiger partial charge < -0.3 is 19.7 Å². The highest BCUT2D eigenvalue weighted by molar-refractivity contribution is 5.80. The maximum atomic E-state index is 14.0. The van der Waals surface area contributed by atoms with Crippen LogP contribution in [0.5, 0.6) is 0 Å². The SMILES string of the molecule is CN=C(NCc1nc2ccccc2n1C)N1CCN(c2ccccc2F)CC1. The Morgan fingerprint density at radius 2 is 1.79 bits per heavy atom. The summed E-state index contributed by atoms with van der Waals surface area (Å²) in [6, 6.07) is 15.1. The van der Waals surface area contributed by atoms with E-state index in [2.05, 4.69) is 30.7 Å². The summed E-state index contributed by atoms with van der Waals surface area (Å²) >= 11 is 0. The van der Waals surface area contributed by atoms with E-state index in [4.69, 9.17) is 4.98 Å². The molecular formula is C21H25FN6. The van der Waals surface area contributed by atoms with Gasteiger partial charge in [0.1, 0.15) is 11.6 Å². The van der Waals surface area contributed by atoms with Crippen LogP contribution in [0.4, 0.5) is 10.1 Å². The van der Waals surface area contributed by atoms with E-state index in [1.54, 1.807) is 13.1 Å². The third-order valence-corrected chi connectivity index (χ3v) is 5.27. The van der Waals surface area contributed by atoms with Crippen molar-refractivity contribution in [2.24, 2.45) is 12.0 Å². The molecule has 0 saturated carbocycles. The van der Waals surface area contributed by atoms with Gasteiger partial charge in [0.2, 0.25) is 0 Å². The lowest BCUT2D eigenvalue weighted by Gasteiger charge is -2.37. The second-order valence-electron chi connectivity index (χ2n) is 6.90. The molecule has 0 spiro atoms. The zero-order valence-electron chi connectivity index (χ0n) is 16.3. The van der Waals surface area contributed by atoms with Gasteiger partial charge in [-0.3, -0.25) is 4.99 Å². The Hall–Kier alpha value is -3.09. The van der Waals surface area contributed by atoms with Crippen LogP contribution < -0.4 is 10.2 Å². The van der Waals surface area contributed by atoms with Crippen LogP contribution in [0.2, 0.25) is 0 Å². The summed E-state index contributed by atoms with van der Waals surface area (Å²) in [6.07, 6.45) is 0. The number of hydrogen-bond donors (Lipinski definition) is 1. The monoisotopic (exact) mass is 380 g/mol. The Morgan fingerprint density at radius 3 is 2.50 bits per heavy atom. The van der Waals surface area contributed by atoms with Crippen molar-refractivity contribution in [1.29, 1.82) is 0 Å². The predicted molar refractivity (Wildman–Crippen MR) is 111 cm³/mol. The maximum Gasteiger partial charge on any atom is 0.194 e. The summed E-state index contributed by atoms with van der Waals surface area (Å²) in [5.74, 6) is 1.65. The zero-order valence-corrected chi connectivity index (χ0v) is 16.3. The molecule has 0 unspecified atom stereocenters. The topological polar surface area (TPSA) is 48.7 Å². The lowest BCUT2D eigenvalue weighted by atomic mass is 10.2. The second-order valence-corrected chi connectivity index (χ2v) is 6.90. The highest BCUT2D eigenvalue weighted by Crippen LogP contribution is 2.20. The van der Waals surface area contributed by atoms with E-state index in [0.717, 1.165) is 49.0 Å². The van der Waals surface area contributed by atoms with E-state index in [-0.39, 0.29) is 5.82 Å². The van der Waals surface area contributed by atoms with Crippen LogP contribution in [0.15, 0.2) is 53.5 Å². The predicted octanol–water partition coefficient (Wildman–Crippen LogP) is 2.61. The van der Waals surface area contributed by atoms with Gasteiger partial charge in [-0.25, -0.2) is 9.37 Å². The number of anilines is 1. The molecule has 0 radical (unpaired) electrons. The Labute approximate surface area is 164 Å². The first kappa shape index (κ1) is 18.3. The number of piperazine rings is 1. The number of imidazole rings is 1. The van der Waals surface area contributed by atoms with E-state index in [1.807, 2.05) is 37.4 Å². The molecule has 0 aliphatic carbocycles. The molecule has 1 aromatic heterocycles. The number of para-hydroxylation sites is 3. The van der Waals surface area contributed by atoms with Crippen LogP contribution >= 0.6 is 0 Å². The van der Waals surface area contributed by atoms with Gasteiger partial charge in [-0.15, -0.1) is 0 Å². The highest BCUT2D eigenvalue weighted by Gasteiger charge is 2.21. The van der Waals surface area contributed by atoms with E-state index in [0.29, 0.717) is 12.2 Å². The summed E-state index contributed by atoms with van der Waals surface area (Å²) in [6.45, 7) is 3.69. The van der Waals surface area contributed by atoms with E-state index >= 15 is 0 Å². The lowest BCUT2D eigenvalue weighted by Crippen LogP contribution is -2.52. The van der Waals surface area contributed by atoms with Gasteiger partial charge in [0.05, 0.1) is 23.3 Å². The molecule has 4 rings (SSSR count). The minimum Gasteiger partial charge on any atom is -0.366 e. The van der Waals surface area contributed by atoms with Crippen LogP contribution in [0.3, 0.4) is 0 Å². The third-order valence-electron chi connectivity index (χ3n) is 5.27. The van der Waals surface area contributed by atoms with Gasteiger partial charge in [0.15, 0.2) is 5.96 Å². The molecule has 2 heterocycles. The first-order chi connectivity index (χ1) is 13.7. The molecular weight excluding hydrogens is 355 g/mol. The van der Waals surface area contributed by atoms with Crippen LogP contribution in [-0.2, 0) is 13.6 Å². The average molecular weight is 380 g/mol. The smallest absolute Gasteiger partial charge is 0.194 e. The summed E-state index contributed by atoms with van der Waals surface area (Å²) in [7, 11) is 3.82. The number of rotatable bonds is 3. The van der Waals surface area contributed by atoms with Crippen molar-refractivity contribution in [1.82, 2.24) is 19.8 Å². The number of benzene rings is 2. The average Bonchev–Trinajstić information content (AvgIpc) is 3.05. The number of aromatic nitrogens is 2. The van der Waals surface area contributed by atoms with Crippen molar-refractivity contribution in [3.05, 3.63) is 60.2 Å². The minimum absolute atomic E-state index is 0.166. The summed E-state index contributed by atoms with van der Waals surface area (Å²) in [5, 5.41) is 3.42. The van der Waals surface area contributed by atoms with Gasteiger partial charge in [-0.1, -0.05) is 24.3 Å². The normalized spacial score (nSPS) is 15.3. The first-order valence-corrected chi connectivity index (χ1v) is 9.53. The Morgan fingerprint density at radius 1 is 1.07 bits per heavy atom. The van der Waals surface area contributed by atoms with Crippen molar-refractivity contribution in [3.63, 3.8) is 0 Å². The van der Waals surface area contributed by atoms with Crippen LogP contribution in [0.25, 0.3) is 11.0 Å². The molecule has 2 aromatic carbocycles. The summed E-state index contributed by atoms with van der Waals surface area (Å²) in [4.78, 5) is 13.4. The van der Waals surface area contributed by atoms with Crippen molar-refractivity contribution in [3.8, 4) is 0 Å². The zero-order chi connectivity index (χ0) is 19.5. The minimum atomic E-state index is -0.166. The largest absolute Gasteiger partial charge is 0.366 e. The van der Waals surface area contributed by atoms with Crippen LogP contribution in [0.1, 0.15) is 5.82 Å². The van der Waals surface area contributed by atoms with E-state index < -0.39 is 0 Å². The van der Waals surface area contributed by atoms with Gasteiger partial charge in [-0.2, -0.15) is 0 Å². The molecule has 0 atom stereocenters. The molecule has 146 valence electrons. The molecule has 3 aromatic rings. The molecule has 1 aliphatic rings. The number of hydrogen-bond acceptors (Lipinski definition) is 3. The summed E-state index contributed by atoms with van der Waals surface area (Å²) in [5.41, 5.74) is 2.79. The van der Waals surface area contributed by atoms with Crippen molar-refractivity contribution < 1.29 is 4.39 Å². The number of nitrogens with one attached hydrogen (secondary N) is 1. The standard InChI is InChI=1S/C21H25FN6/c1-23-21(24-15-20-25-17-8-4-6-10-19(17)26(20)2)28-13-11-27(12-14-28)18-9-5-3-7-16(18)22/h3-10H,11-15H2,1-2H3,(H,23,24). The van der Waals surface area contributed by atoms with Crippen molar-refractivity contribution in [2.45, 2.75) is 6.54 Å². The molecule has 1 fully saturated rings. The Kier molecular flexibility index (Phi) is 5.14. The van der Waals surface area contributed by atoms with Crippen molar-refractivity contribution in [2.75, 3.05) is 38.1 Å². The fourth-order valence-corrected chi connectivity index (χ4v) is 3.71. The van der Waals surface area contributed by atoms with Crippen LogP contribution in [0, 0.1) is 5.82 Å². The van der Waals surface area contributed by atoms with Gasteiger partial charge in [-0.05, 0) is 24.3 Å². The summed E-state index contributed by atoms with van der Waals surface area (Å²) < 4.78 is 16.1. The number of aryl methyl sites for hydroxylation is 1. The van der Waals surface area contributed by atoms with Gasteiger partial charge >= 0.3 is 0 Å². The van der Waals surface area contributed by atoms with E-state index in [9.17, 15) is 4.39 Å².